The standard InChI is InChI=1S/C21H22F2N4O4S/c22-18(23)31-15-7-3-2-6-13(15)14-12-32-19(24-14)25-16(28)8-11-27-17(29)21(26-20(27)30)9-4-1-5-10-21/h2-3,6-7,12,18H,1,4-5,8-11H2,(H,26,30)(H,24,25,28). The van der Waals surface area contributed by atoms with Crippen LogP contribution in [0.3, 0.4) is 0 Å². The highest BCUT2D eigenvalue weighted by atomic mass is 32.1. The van der Waals surface area contributed by atoms with Crippen molar-refractivity contribution < 1.29 is 27.9 Å². The molecule has 1 aromatic carbocycles. The molecule has 0 bridgehead atoms. The summed E-state index contributed by atoms with van der Waals surface area (Å²) in [6.45, 7) is -2.99. The summed E-state index contributed by atoms with van der Waals surface area (Å²) in [6.07, 6.45) is 3.99. The average Bonchev–Trinajstić information content (AvgIpc) is 3.30. The number of alkyl halides is 2. The van der Waals surface area contributed by atoms with Crippen LogP contribution >= 0.6 is 11.3 Å². The van der Waals surface area contributed by atoms with E-state index < -0.39 is 24.1 Å². The zero-order valence-electron chi connectivity index (χ0n) is 17.1. The number of rotatable bonds is 7. The number of carbonyl (C=O) groups is 3. The number of imide groups is 1. The number of urea groups is 1. The minimum atomic E-state index is -2.97. The molecule has 0 atom stereocenters. The summed E-state index contributed by atoms with van der Waals surface area (Å²) in [7, 11) is 0. The largest absolute Gasteiger partial charge is 0.434 e. The van der Waals surface area contributed by atoms with Gasteiger partial charge in [-0.3, -0.25) is 14.5 Å². The second-order valence-corrected chi connectivity index (χ2v) is 8.60. The third-order valence-electron chi connectivity index (χ3n) is 5.65. The summed E-state index contributed by atoms with van der Waals surface area (Å²) in [5.41, 5.74) is -0.0551. The molecule has 1 aromatic heterocycles. The van der Waals surface area contributed by atoms with Gasteiger partial charge in [0.1, 0.15) is 11.3 Å². The van der Waals surface area contributed by atoms with Crippen molar-refractivity contribution in [3.8, 4) is 17.0 Å². The maximum Gasteiger partial charge on any atom is 0.387 e. The number of carbonyl (C=O) groups excluding carboxylic acids is 3. The fourth-order valence-electron chi connectivity index (χ4n) is 4.10. The van der Waals surface area contributed by atoms with Crippen LogP contribution in [0, 0.1) is 0 Å². The zero-order chi connectivity index (χ0) is 22.7. The first-order valence-electron chi connectivity index (χ1n) is 10.3. The molecule has 2 heterocycles. The van der Waals surface area contributed by atoms with Crippen molar-refractivity contribution in [3.63, 3.8) is 0 Å². The van der Waals surface area contributed by atoms with Gasteiger partial charge in [0.2, 0.25) is 5.91 Å². The molecule has 0 unspecified atom stereocenters. The number of para-hydroxylation sites is 1. The lowest BCUT2D eigenvalue weighted by molar-refractivity contribution is -0.132. The maximum absolute atomic E-state index is 12.8. The van der Waals surface area contributed by atoms with Crippen LogP contribution in [0.25, 0.3) is 11.3 Å². The molecule has 2 N–H and O–H groups in total. The summed E-state index contributed by atoms with van der Waals surface area (Å²) in [6, 6.07) is 5.79. The molecule has 1 saturated carbocycles. The van der Waals surface area contributed by atoms with Crippen LogP contribution in [-0.4, -0.2) is 46.4 Å². The van der Waals surface area contributed by atoms with Gasteiger partial charge in [0.05, 0.1) is 5.69 Å². The van der Waals surface area contributed by atoms with E-state index in [4.69, 9.17) is 0 Å². The van der Waals surface area contributed by atoms with Gasteiger partial charge in [-0.2, -0.15) is 8.78 Å². The van der Waals surface area contributed by atoms with Crippen molar-refractivity contribution >= 4 is 34.3 Å². The van der Waals surface area contributed by atoms with E-state index in [2.05, 4.69) is 20.4 Å². The third kappa shape index (κ3) is 4.57. The number of benzene rings is 1. The summed E-state index contributed by atoms with van der Waals surface area (Å²) in [4.78, 5) is 42.8. The monoisotopic (exact) mass is 464 g/mol. The molecule has 0 radical (unpaired) electrons. The van der Waals surface area contributed by atoms with Crippen molar-refractivity contribution in [1.82, 2.24) is 15.2 Å². The second kappa shape index (κ2) is 9.19. The molecule has 4 amide bonds. The number of thiazole rings is 1. The minimum absolute atomic E-state index is 0.0131. The summed E-state index contributed by atoms with van der Waals surface area (Å²) in [5, 5.41) is 7.33. The van der Waals surface area contributed by atoms with Gasteiger partial charge in [0.25, 0.3) is 5.91 Å². The van der Waals surface area contributed by atoms with E-state index in [1.165, 1.54) is 6.07 Å². The van der Waals surface area contributed by atoms with Crippen LogP contribution in [0.5, 0.6) is 5.75 Å². The lowest BCUT2D eigenvalue weighted by Gasteiger charge is -2.30. The predicted molar refractivity (Wildman–Crippen MR) is 113 cm³/mol. The van der Waals surface area contributed by atoms with E-state index in [0.717, 1.165) is 35.5 Å². The van der Waals surface area contributed by atoms with Crippen LogP contribution in [0.15, 0.2) is 29.6 Å². The number of hydrogen-bond acceptors (Lipinski definition) is 6. The van der Waals surface area contributed by atoms with Gasteiger partial charge < -0.3 is 15.4 Å². The predicted octanol–water partition coefficient (Wildman–Crippen LogP) is 3.99. The molecular weight excluding hydrogens is 442 g/mol. The smallest absolute Gasteiger partial charge is 0.387 e. The first-order chi connectivity index (χ1) is 15.4. The lowest BCUT2D eigenvalue weighted by Crippen LogP contribution is -2.48. The number of nitrogens with one attached hydrogen (secondary N) is 2. The Morgan fingerprint density at radius 1 is 1.25 bits per heavy atom. The van der Waals surface area contributed by atoms with E-state index in [9.17, 15) is 23.2 Å². The number of amides is 4. The normalized spacial score (nSPS) is 17.7. The maximum atomic E-state index is 12.8. The van der Waals surface area contributed by atoms with E-state index in [1.807, 2.05) is 0 Å². The Kier molecular flexibility index (Phi) is 6.35. The van der Waals surface area contributed by atoms with Gasteiger partial charge in [0.15, 0.2) is 5.13 Å². The number of hydrogen-bond donors (Lipinski definition) is 2. The Morgan fingerprint density at radius 3 is 2.75 bits per heavy atom. The molecule has 1 saturated heterocycles. The van der Waals surface area contributed by atoms with Crippen molar-refractivity contribution in [2.24, 2.45) is 0 Å². The Morgan fingerprint density at radius 2 is 2.00 bits per heavy atom. The second-order valence-electron chi connectivity index (χ2n) is 7.74. The fraction of sp³-hybridized carbons (Fsp3) is 0.429. The topological polar surface area (TPSA) is 101 Å². The van der Waals surface area contributed by atoms with Crippen LogP contribution in [0.1, 0.15) is 38.5 Å². The number of halogens is 2. The Labute approximate surface area is 187 Å². The van der Waals surface area contributed by atoms with E-state index in [0.29, 0.717) is 24.1 Å². The number of anilines is 1. The number of ether oxygens (including phenoxy) is 1. The van der Waals surface area contributed by atoms with Gasteiger partial charge in [-0.15, -0.1) is 11.3 Å². The highest BCUT2D eigenvalue weighted by Gasteiger charge is 2.51. The fourth-order valence-corrected chi connectivity index (χ4v) is 4.83. The van der Waals surface area contributed by atoms with Gasteiger partial charge in [-0.25, -0.2) is 9.78 Å². The molecule has 4 rings (SSSR count). The molecule has 1 aliphatic carbocycles. The molecule has 170 valence electrons. The number of aromatic nitrogens is 1. The molecule has 2 fully saturated rings. The summed E-state index contributed by atoms with van der Waals surface area (Å²) < 4.78 is 29.8. The SMILES string of the molecule is O=C(CCN1C(=O)NC2(CCCCC2)C1=O)Nc1nc(-c2ccccc2OC(F)F)cs1. The third-order valence-corrected chi connectivity index (χ3v) is 6.40. The summed E-state index contributed by atoms with van der Waals surface area (Å²) in [5.74, 6) is -0.684. The van der Waals surface area contributed by atoms with Crippen LogP contribution in [-0.2, 0) is 9.59 Å². The summed E-state index contributed by atoms with van der Waals surface area (Å²) >= 11 is 1.13. The average molecular weight is 464 g/mol. The van der Waals surface area contributed by atoms with Crippen LogP contribution in [0.4, 0.5) is 18.7 Å². The van der Waals surface area contributed by atoms with E-state index in [1.54, 1.807) is 23.6 Å². The Hall–Kier alpha value is -3.08. The molecule has 2 aromatic rings. The molecule has 8 nitrogen and oxygen atoms in total. The van der Waals surface area contributed by atoms with Gasteiger partial charge >= 0.3 is 12.6 Å². The molecular formula is C21H22F2N4O4S. The van der Waals surface area contributed by atoms with Crippen molar-refractivity contribution in [2.75, 3.05) is 11.9 Å². The molecule has 32 heavy (non-hydrogen) atoms. The van der Waals surface area contributed by atoms with E-state index >= 15 is 0 Å². The van der Waals surface area contributed by atoms with Gasteiger partial charge in [0, 0.05) is 23.9 Å². The first kappa shape index (κ1) is 22.1. The molecule has 11 heteroatoms. The van der Waals surface area contributed by atoms with Crippen LogP contribution < -0.4 is 15.4 Å². The van der Waals surface area contributed by atoms with Crippen molar-refractivity contribution in [3.05, 3.63) is 29.6 Å². The number of nitrogens with zero attached hydrogens (tertiary/aromatic N) is 2. The molecule has 1 aliphatic heterocycles. The quantitative estimate of drug-likeness (QED) is 0.604. The first-order valence-corrected chi connectivity index (χ1v) is 11.2. The zero-order valence-corrected chi connectivity index (χ0v) is 17.9. The Balaban J connectivity index is 1.35. The molecule has 1 spiro atoms. The molecule has 2 aliphatic rings. The van der Waals surface area contributed by atoms with Crippen LogP contribution in [0.2, 0.25) is 0 Å². The van der Waals surface area contributed by atoms with Crippen molar-refractivity contribution in [2.45, 2.75) is 50.7 Å². The lowest BCUT2D eigenvalue weighted by atomic mass is 9.82. The Bertz CT molecular complexity index is 1020. The highest BCUT2D eigenvalue weighted by Crippen LogP contribution is 2.34. The van der Waals surface area contributed by atoms with Gasteiger partial charge in [-0.05, 0) is 25.0 Å². The highest BCUT2D eigenvalue weighted by molar-refractivity contribution is 7.14. The minimum Gasteiger partial charge on any atom is -0.434 e. The van der Waals surface area contributed by atoms with E-state index in [-0.39, 0.29) is 29.8 Å². The van der Waals surface area contributed by atoms with Gasteiger partial charge in [-0.1, -0.05) is 31.4 Å². The van der Waals surface area contributed by atoms with Crippen molar-refractivity contribution in [1.29, 1.82) is 0 Å².